The second kappa shape index (κ2) is 4.50. The van der Waals surface area contributed by atoms with E-state index in [0.29, 0.717) is 6.04 Å². The molecule has 2 heteroatoms. The van der Waals surface area contributed by atoms with E-state index in [1.54, 1.807) is 0 Å². The van der Waals surface area contributed by atoms with Gasteiger partial charge in [-0.3, -0.25) is 0 Å². The van der Waals surface area contributed by atoms with Gasteiger partial charge in [-0.1, -0.05) is 12.1 Å². The first-order valence-corrected chi connectivity index (χ1v) is 4.95. The number of rotatable bonds is 3. The molecular weight excluding hydrogens is 261 g/mol. The number of anilines is 1. The summed E-state index contributed by atoms with van der Waals surface area (Å²) in [5.41, 5.74) is 1.15. The lowest BCUT2D eigenvalue weighted by Gasteiger charge is -2.10. The molecule has 0 heterocycles. The zero-order valence-electron chi connectivity index (χ0n) is 7.05. The Hall–Kier alpha value is -0.510. The summed E-state index contributed by atoms with van der Waals surface area (Å²) < 4.78 is 1.24. The Morgan fingerprint density at radius 2 is 2.33 bits per heavy atom. The third-order valence-electron chi connectivity index (χ3n) is 1.57. The molecule has 0 bridgehead atoms. The number of nitrogens with one attached hydrogen (secondary N) is 1. The van der Waals surface area contributed by atoms with Crippen LogP contribution in [0.25, 0.3) is 0 Å². The van der Waals surface area contributed by atoms with E-state index in [2.05, 4.69) is 59.6 Å². The van der Waals surface area contributed by atoms with Crippen molar-refractivity contribution in [3.05, 3.63) is 40.5 Å². The van der Waals surface area contributed by atoms with Crippen LogP contribution in [0.1, 0.15) is 6.92 Å². The minimum Gasteiger partial charge on any atom is -0.379 e. The highest BCUT2D eigenvalue weighted by molar-refractivity contribution is 14.1. The summed E-state index contributed by atoms with van der Waals surface area (Å²) in [5.74, 6) is 0. The van der Waals surface area contributed by atoms with Gasteiger partial charge in [0.25, 0.3) is 0 Å². The molecule has 0 radical (unpaired) electrons. The van der Waals surface area contributed by atoms with Crippen LogP contribution in [0.5, 0.6) is 0 Å². The van der Waals surface area contributed by atoms with E-state index < -0.39 is 0 Å². The summed E-state index contributed by atoms with van der Waals surface area (Å²) in [6.45, 7) is 5.79. The van der Waals surface area contributed by atoms with Crippen LogP contribution < -0.4 is 5.32 Å². The van der Waals surface area contributed by atoms with Crippen molar-refractivity contribution in [2.45, 2.75) is 13.0 Å². The fraction of sp³-hybridized carbons (Fsp3) is 0.200. The molecule has 64 valence electrons. The van der Waals surface area contributed by atoms with Gasteiger partial charge >= 0.3 is 0 Å². The molecule has 0 fully saturated rings. The van der Waals surface area contributed by atoms with E-state index in [1.807, 2.05) is 12.1 Å². The van der Waals surface area contributed by atoms with Gasteiger partial charge in [0.2, 0.25) is 0 Å². The van der Waals surface area contributed by atoms with Gasteiger partial charge in [-0.2, -0.15) is 0 Å². The minimum atomic E-state index is 0.322. The molecule has 1 aromatic carbocycles. The van der Waals surface area contributed by atoms with Crippen molar-refractivity contribution in [1.82, 2.24) is 0 Å². The largest absolute Gasteiger partial charge is 0.379 e. The van der Waals surface area contributed by atoms with E-state index in [0.717, 1.165) is 5.69 Å². The molecular formula is C10H12IN. The molecule has 1 aromatic rings. The second-order valence-electron chi connectivity index (χ2n) is 2.68. The van der Waals surface area contributed by atoms with E-state index >= 15 is 0 Å². The number of halogens is 1. The molecule has 1 rings (SSSR count). The van der Waals surface area contributed by atoms with Crippen molar-refractivity contribution in [2.75, 3.05) is 5.32 Å². The van der Waals surface area contributed by atoms with Crippen LogP contribution >= 0.6 is 22.6 Å². The third-order valence-corrected chi connectivity index (χ3v) is 2.24. The fourth-order valence-electron chi connectivity index (χ4n) is 0.900. The van der Waals surface area contributed by atoms with E-state index in [1.165, 1.54) is 3.57 Å². The summed E-state index contributed by atoms with van der Waals surface area (Å²) in [7, 11) is 0. The minimum absolute atomic E-state index is 0.322. The molecule has 0 saturated carbocycles. The molecule has 0 aromatic heterocycles. The second-order valence-corrected chi connectivity index (χ2v) is 3.92. The predicted molar refractivity (Wildman–Crippen MR) is 62.4 cm³/mol. The molecule has 0 aliphatic carbocycles. The van der Waals surface area contributed by atoms with Gasteiger partial charge in [0.15, 0.2) is 0 Å². The van der Waals surface area contributed by atoms with Crippen molar-refractivity contribution in [3.8, 4) is 0 Å². The Bertz CT molecular complexity index is 270. The average Bonchev–Trinajstić information content (AvgIpc) is 2.04. The van der Waals surface area contributed by atoms with Crippen LogP contribution in [0, 0.1) is 3.57 Å². The third kappa shape index (κ3) is 2.85. The van der Waals surface area contributed by atoms with Crippen LogP contribution in [0.15, 0.2) is 36.9 Å². The summed E-state index contributed by atoms with van der Waals surface area (Å²) >= 11 is 2.30. The van der Waals surface area contributed by atoms with Crippen molar-refractivity contribution >= 4 is 28.3 Å². The lowest BCUT2D eigenvalue weighted by molar-refractivity contribution is 1.00. The zero-order valence-corrected chi connectivity index (χ0v) is 9.21. The van der Waals surface area contributed by atoms with Crippen LogP contribution in [-0.2, 0) is 0 Å². The maximum Gasteiger partial charge on any atom is 0.0413 e. The Morgan fingerprint density at radius 3 is 2.92 bits per heavy atom. The van der Waals surface area contributed by atoms with Gasteiger partial charge < -0.3 is 5.32 Å². The molecule has 0 saturated heterocycles. The predicted octanol–water partition coefficient (Wildman–Crippen LogP) is 3.28. The Labute approximate surface area is 87.0 Å². The van der Waals surface area contributed by atoms with Crippen molar-refractivity contribution in [3.63, 3.8) is 0 Å². The molecule has 0 amide bonds. The lowest BCUT2D eigenvalue weighted by atomic mass is 10.2. The molecule has 0 aliphatic rings. The highest BCUT2D eigenvalue weighted by atomic mass is 127. The first-order chi connectivity index (χ1) is 5.72. The quantitative estimate of drug-likeness (QED) is 0.658. The first-order valence-electron chi connectivity index (χ1n) is 3.87. The zero-order chi connectivity index (χ0) is 8.97. The Morgan fingerprint density at radius 1 is 1.58 bits per heavy atom. The summed E-state index contributed by atoms with van der Waals surface area (Å²) in [5, 5.41) is 3.31. The van der Waals surface area contributed by atoms with Crippen molar-refractivity contribution in [2.24, 2.45) is 0 Å². The van der Waals surface area contributed by atoms with Crippen LogP contribution in [0.2, 0.25) is 0 Å². The number of benzene rings is 1. The van der Waals surface area contributed by atoms with Crippen LogP contribution in [0.4, 0.5) is 5.69 Å². The SMILES string of the molecule is C=CC(C)Nc1cccc(I)c1. The van der Waals surface area contributed by atoms with Crippen molar-refractivity contribution < 1.29 is 0 Å². The molecule has 0 aliphatic heterocycles. The molecule has 12 heavy (non-hydrogen) atoms. The van der Waals surface area contributed by atoms with E-state index in [4.69, 9.17) is 0 Å². The summed E-state index contributed by atoms with van der Waals surface area (Å²) in [4.78, 5) is 0. The summed E-state index contributed by atoms with van der Waals surface area (Å²) in [6.07, 6.45) is 1.89. The monoisotopic (exact) mass is 273 g/mol. The lowest BCUT2D eigenvalue weighted by Crippen LogP contribution is -2.10. The van der Waals surface area contributed by atoms with Crippen molar-refractivity contribution in [1.29, 1.82) is 0 Å². The molecule has 1 unspecified atom stereocenters. The standard InChI is InChI=1S/C10H12IN/c1-3-8(2)12-10-6-4-5-9(11)7-10/h3-8,12H,1H2,2H3. The average molecular weight is 273 g/mol. The fourth-order valence-corrected chi connectivity index (χ4v) is 1.44. The molecule has 1 N–H and O–H groups in total. The number of hydrogen-bond acceptors (Lipinski definition) is 1. The highest BCUT2D eigenvalue weighted by Crippen LogP contribution is 2.13. The molecule has 1 atom stereocenters. The topological polar surface area (TPSA) is 12.0 Å². The maximum absolute atomic E-state index is 3.71. The number of hydrogen-bond donors (Lipinski definition) is 1. The molecule has 1 nitrogen and oxygen atoms in total. The van der Waals surface area contributed by atoms with Crippen LogP contribution in [0.3, 0.4) is 0 Å². The van der Waals surface area contributed by atoms with Gasteiger partial charge in [-0.25, -0.2) is 0 Å². The maximum atomic E-state index is 3.71. The first kappa shape index (κ1) is 9.58. The highest BCUT2D eigenvalue weighted by Gasteiger charge is 1.95. The van der Waals surface area contributed by atoms with Gasteiger partial charge in [0.1, 0.15) is 0 Å². The van der Waals surface area contributed by atoms with Gasteiger partial charge in [0.05, 0.1) is 0 Å². The van der Waals surface area contributed by atoms with Gasteiger partial charge in [-0.15, -0.1) is 6.58 Å². The Balaban J connectivity index is 2.69. The van der Waals surface area contributed by atoms with E-state index in [9.17, 15) is 0 Å². The van der Waals surface area contributed by atoms with Gasteiger partial charge in [0, 0.05) is 15.3 Å². The van der Waals surface area contributed by atoms with E-state index in [-0.39, 0.29) is 0 Å². The van der Waals surface area contributed by atoms with Gasteiger partial charge in [-0.05, 0) is 47.7 Å². The normalized spacial score (nSPS) is 12.2. The Kier molecular flexibility index (Phi) is 3.59. The summed E-state index contributed by atoms with van der Waals surface area (Å²) in [6, 6.07) is 8.61. The molecule has 0 spiro atoms. The smallest absolute Gasteiger partial charge is 0.0413 e. The van der Waals surface area contributed by atoms with Crippen LogP contribution in [-0.4, -0.2) is 6.04 Å².